The summed E-state index contributed by atoms with van der Waals surface area (Å²) in [5.41, 5.74) is -1.72. The first kappa shape index (κ1) is 31.0. The molecule has 0 aliphatic rings. The number of amides is 2. The fourth-order valence-corrected chi connectivity index (χ4v) is 4.02. The van der Waals surface area contributed by atoms with Gasteiger partial charge in [0, 0.05) is 32.7 Å². The van der Waals surface area contributed by atoms with Gasteiger partial charge in [0.2, 0.25) is 0 Å². The van der Waals surface area contributed by atoms with Crippen LogP contribution in [-0.2, 0) is 19.6 Å². The quantitative estimate of drug-likeness (QED) is 0.195. The van der Waals surface area contributed by atoms with Crippen LogP contribution in [0, 0.1) is 0 Å². The summed E-state index contributed by atoms with van der Waals surface area (Å²) in [5.74, 6) is 0. The van der Waals surface area contributed by atoms with Crippen molar-refractivity contribution in [2.24, 2.45) is 0 Å². The van der Waals surface area contributed by atoms with Crippen LogP contribution in [0.1, 0.15) is 90.4 Å². The molecule has 12 heteroatoms. The average molecular weight is 514 g/mol. The van der Waals surface area contributed by atoms with E-state index >= 15 is 0 Å². The van der Waals surface area contributed by atoms with Gasteiger partial charge < -0.3 is 20.8 Å². The molecule has 0 saturated heterocycles. The molecule has 0 unspecified atom stereocenters. The van der Waals surface area contributed by atoms with Gasteiger partial charge in [-0.05, 0) is 32.1 Å². The minimum Gasteiger partial charge on any atom is -0.465 e. The molecular weight excluding hydrogens is 470 g/mol. The lowest BCUT2D eigenvalue weighted by atomic mass is 10.1. The molecule has 2 amide bonds. The normalized spacial score (nSPS) is 10.9. The zero-order valence-corrected chi connectivity index (χ0v) is 21.5. The number of nitrogens with zero attached hydrogens (tertiary/aromatic N) is 3. The van der Waals surface area contributed by atoms with Gasteiger partial charge in [-0.2, -0.15) is 0 Å². The Balaban J connectivity index is 2.83. The number of rotatable bonds is 20. The van der Waals surface area contributed by atoms with Crippen molar-refractivity contribution in [2.75, 3.05) is 13.1 Å². The van der Waals surface area contributed by atoms with Crippen molar-refractivity contribution in [3.05, 3.63) is 31.5 Å². The lowest BCUT2D eigenvalue weighted by molar-refractivity contribution is 0.193. The first-order valence-electron chi connectivity index (χ1n) is 13.2. The molecule has 1 heterocycles. The fraction of sp³-hybridized carbons (Fsp3) is 0.792. The molecule has 0 spiro atoms. The monoisotopic (exact) mass is 513 g/mol. The summed E-state index contributed by atoms with van der Waals surface area (Å²) < 4.78 is 3.49. The van der Waals surface area contributed by atoms with E-state index in [0.29, 0.717) is 45.2 Å². The Bertz CT molecular complexity index is 901. The minimum absolute atomic E-state index is 0.209. The molecule has 1 aromatic heterocycles. The zero-order valence-electron chi connectivity index (χ0n) is 21.5. The van der Waals surface area contributed by atoms with E-state index in [4.69, 9.17) is 10.2 Å². The number of hydrogen-bond donors (Lipinski definition) is 4. The smallest absolute Gasteiger partial charge is 0.404 e. The molecule has 0 radical (unpaired) electrons. The van der Waals surface area contributed by atoms with E-state index in [-0.39, 0.29) is 19.6 Å². The van der Waals surface area contributed by atoms with Crippen LogP contribution in [0.25, 0.3) is 0 Å². The van der Waals surface area contributed by atoms with E-state index in [2.05, 4.69) is 17.6 Å². The van der Waals surface area contributed by atoms with Crippen LogP contribution >= 0.6 is 0 Å². The second-order valence-electron chi connectivity index (χ2n) is 9.01. The van der Waals surface area contributed by atoms with Crippen molar-refractivity contribution < 1.29 is 19.8 Å². The number of aromatic nitrogens is 3. The summed E-state index contributed by atoms with van der Waals surface area (Å²) in [6, 6.07) is 0. The van der Waals surface area contributed by atoms with Gasteiger partial charge in [0.05, 0.1) is 0 Å². The van der Waals surface area contributed by atoms with Gasteiger partial charge in [0.15, 0.2) is 0 Å². The first-order chi connectivity index (χ1) is 17.3. The number of hydrogen-bond acceptors (Lipinski definition) is 5. The van der Waals surface area contributed by atoms with Crippen LogP contribution in [0.5, 0.6) is 0 Å². The van der Waals surface area contributed by atoms with Gasteiger partial charge in [0.1, 0.15) is 0 Å². The summed E-state index contributed by atoms with van der Waals surface area (Å²) >= 11 is 0. The molecule has 206 valence electrons. The Hall–Kier alpha value is -3.05. The van der Waals surface area contributed by atoms with Gasteiger partial charge >= 0.3 is 29.3 Å². The maximum Gasteiger partial charge on any atom is 0.404 e. The van der Waals surface area contributed by atoms with Gasteiger partial charge in [-0.3, -0.25) is 0 Å². The SMILES string of the molecule is CCCCCCCn1c(=O)n(CCCCCCNC(=O)O)c(=O)n(CCCCCCNC(=O)O)c1=O. The first-order valence-corrected chi connectivity index (χ1v) is 13.2. The third-order valence-electron chi connectivity index (χ3n) is 6.04. The molecule has 0 aliphatic heterocycles. The standard InChI is InChI=1S/C24H43N5O7/c1-2-3-4-7-12-17-27-22(34)28(18-13-8-5-10-15-25-20(30)31)24(36)29(23(27)35)19-14-9-6-11-16-26-21(32)33/h25-26H,2-19H2,1H3,(H,30,31)(H,32,33). The van der Waals surface area contributed by atoms with E-state index in [0.717, 1.165) is 60.5 Å². The van der Waals surface area contributed by atoms with E-state index < -0.39 is 29.3 Å². The van der Waals surface area contributed by atoms with Crippen molar-refractivity contribution >= 4 is 12.2 Å². The number of unbranched alkanes of at least 4 members (excludes halogenated alkanes) is 10. The zero-order chi connectivity index (χ0) is 26.8. The molecule has 0 saturated carbocycles. The predicted octanol–water partition coefficient (Wildman–Crippen LogP) is 2.80. The van der Waals surface area contributed by atoms with E-state index in [1.807, 2.05) is 0 Å². The van der Waals surface area contributed by atoms with Crippen LogP contribution in [0.2, 0.25) is 0 Å². The molecule has 12 nitrogen and oxygen atoms in total. The van der Waals surface area contributed by atoms with Crippen LogP contribution in [0.3, 0.4) is 0 Å². The van der Waals surface area contributed by atoms with Gasteiger partial charge in [0.25, 0.3) is 0 Å². The summed E-state index contributed by atoms with van der Waals surface area (Å²) in [6.07, 6.45) is 8.19. The van der Waals surface area contributed by atoms with Crippen LogP contribution in [0.4, 0.5) is 9.59 Å². The summed E-state index contributed by atoms with van der Waals surface area (Å²) in [6.45, 7) is 3.53. The average Bonchev–Trinajstić information content (AvgIpc) is 2.82. The van der Waals surface area contributed by atoms with Crippen LogP contribution < -0.4 is 27.7 Å². The lowest BCUT2D eigenvalue weighted by Crippen LogP contribution is -2.54. The van der Waals surface area contributed by atoms with Crippen LogP contribution in [-0.4, -0.2) is 49.2 Å². The Labute approximate surface area is 211 Å². The number of nitrogens with one attached hydrogen (secondary N) is 2. The molecule has 0 aromatic carbocycles. The lowest BCUT2D eigenvalue weighted by Gasteiger charge is -2.14. The van der Waals surface area contributed by atoms with Crippen LogP contribution in [0.15, 0.2) is 14.4 Å². The van der Waals surface area contributed by atoms with E-state index in [9.17, 15) is 24.0 Å². The molecule has 0 atom stereocenters. The highest BCUT2D eigenvalue weighted by Gasteiger charge is 2.15. The Morgan fingerprint density at radius 2 is 0.861 bits per heavy atom. The molecule has 0 bridgehead atoms. The van der Waals surface area contributed by atoms with Crippen molar-refractivity contribution in [3.8, 4) is 0 Å². The number of carbonyl (C=O) groups is 2. The fourth-order valence-electron chi connectivity index (χ4n) is 4.02. The molecule has 0 fully saturated rings. The van der Waals surface area contributed by atoms with Crippen molar-refractivity contribution in [3.63, 3.8) is 0 Å². The summed E-state index contributed by atoms with van der Waals surface area (Å²) in [5, 5.41) is 21.8. The van der Waals surface area contributed by atoms with Crippen molar-refractivity contribution in [2.45, 2.75) is 110 Å². The van der Waals surface area contributed by atoms with Crippen molar-refractivity contribution in [1.82, 2.24) is 24.3 Å². The second-order valence-corrected chi connectivity index (χ2v) is 9.01. The van der Waals surface area contributed by atoms with Crippen molar-refractivity contribution in [1.29, 1.82) is 0 Å². The molecule has 1 rings (SSSR count). The number of carboxylic acid groups (broad SMARTS) is 2. The highest BCUT2D eigenvalue weighted by atomic mass is 16.4. The summed E-state index contributed by atoms with van der Waals surface area (Å²) in [7, 11) is 0. The Kier molecular flexibility index (Phi) is 15.7. The summed E-state index contributed by atoms with van der Waals surface area (Å²) in [4.78, 5) is 60.0. The Morgan fingerprint density at radius 1 is 0.556 bits per heavy atom. The molecule has 0 aliphatic carbocycles. The van der Waals surface area contributed by atoms with Gasteiger partial charge in [-0.25, -0.2) is 37.7 Å². The highest BCUT2D eigenvalue weighted by Crippen LogP contribution is 2.04. The topological polar surface area (TPSA) is 165 Å². The largest absolute Gasteiger partial charge is 0.465 e. The molecule has 1 aromatic rings. The highest BCUT2D eigenvalue weighted by molar-refractivity contribution is 5.64. The third kappa shape index (κ3) is 12.1. The predicted molar refractivity (Wildman–Crippen MR) is 137 cm³/mol. The maximum absolute atomic E-state index is 13.0. The molecular formula is C24H43N5O7. The van der Waals surface area contributed by atoms with Gasteiger partial charge in [-0.1, -0.05) is 58.3 Å². The molecule has 4 N–H and O–H groups in total. The molecule has 36 heavy (non-hydrogen) atoms. The third-order valence-corrected chi connectivity index (χ3v) is 6.04. The van der Waals surface area contributed by atoms with E-state index in [1.165, 1.54) is 4.57 Å². The minimum atomic E-state index is -1.06. The maximum atomic E-state index is 13.0. The van der Waals surface area contributed by atoms with E-state index in [1.54, 1.807) is 0 Å². The Morgan fingerprint density at radius 3 is 1.17 bits per heavy atom. The van der Waals surface area contributed by atoms with Gasteiger partial charge in [-0.15, -0.1) is 0 Å². The second kappa shape index (κ2) is 18.3.